The van der Waals surface area contributed by atoms with Gasteiger partial charge in [0.1, 0.15) is 5.70 Å². The van der Waals surface area contributed by atoms with Gasteiger partial charge in [0, 0.05) is 11.0 Å². The Balaban J connectivity index is 1.65. The lowest BCUT2D eigenvalue weighted by atomic mass is 10.0. The Kier molecular flexibility index (Phi) is 5.01. The number of nitrogens with one attached hydrogen (secondary N) is 1. The summed E-state index contributed by atoms with van der Waals surface area (Å²) < 4.78 is 0. The quantitative estimate of drug-likeness (QED) is 0.665. The molecule has 2 heterocycles. The normalized spacial score (nSPS) is 17.7. The molecule has 0 fully saturated rings. The Morgan fingerprint density at radius 2 is 1.83 bits per heavy atom. The predicted molar refractivity (Wildman–Crippen MR) is 122 cm³/mol. The number of amidine groups is 1. The molecular weight excluding hydrogens is 392 g/mol. The van der Waals surface area contributed by atoms with Gasteiger partial charge in [-0.05, 0) is 34.9 Å². The molecule has 30 heavy (non-hydrogen) atoms. The van der Waals surface area contributed by atoms with E-state index in [2.05, 4.69) is 42.6 Å². The fraction of sp³-hybridized carbons (Fsp3) is 0.208. The molecule has 0 unspecified atom stereocenters. The van der Waals surface area contributed by atoms with Crippen molar-refractivity contribution in [2.24, 2.45) is 10.1 Å². The Hall–Kier alpha value is -3.12. The standard InChI is InChI=1S/C24H22N4OS/c1-2-3-14-30-24-26-23(29)21-19-10-6-7-11-20(19)25-22(28(21)27-24)18-13-12-16-8-4-5-9-17(16)15-18/h4-13,15,22H,2-3,14H2,1H3,(H,26,27,29)/t22-/m1/s1. The molecule has 0 bridgehead atoms. The Morgan fingerprint density at radius 3 is 2.70 bits per heavy atom. The van der Waals surface area contributed by atoms with Gasteiger partial charge in [-0.1, -0.05) is 79.7 Å². The fourth-order valence-electron chi connectivity index (χ4n) is 3.79. The summed E-state index contributed by atoms with van der Waals surface area (Å²) in [4.78, 5) is 18.1. The minimum absolute atomic E-state index is 0.128. The van der Waals surface area contributed by atoms with E-state index >= 15 is 0 Å². The maximum Gasteiger partial charge on any atom is 0.276 e. The minimum atomic E-state index is -0.382. The van der Waals surface area contributed by atoms with Crippen molar-refractivity contribution < 1.29 is 4.79 Å². The summed E-state index contributed by atoms with van der Waals surface area (Å²) in [5.41, 5.74) is 1.57. The molecule has 1 atom stereocenters. The van der Waals surface area contributed by atoms with Crippen molar-refractivity contribution >= 4 is 39.3 Å². The van der Waals surface area contributed by atoms with Gasteiger partial charge in [0.15, 0.2) is 11.3 Å². The van der Waals surface area contributed by atoms with Gasteiger partial charge < -0.3 is 0 Å². The van der Waals surface area contributed by atoms with Gasteiger partial charge in [0.05, 0.1) is 5.36 Å². The SMILES string of the molecule is CCCCSC1=NN2C(=c3ccccc3=N[C@H]2c2ccc3ccccc3c2)C(=O)N1. The van der Waals surface area contributed by atoms with E-state index in [0.29, 0.717) is 10.9 Å². The molecule has 5 rings (SSSR count). The first kappa shape index (κ1) is 18.9. The Bertz CT molecular complexity index is 1280. The first-order valence-corrected chi connectivity index (χ1v) is 11.2. The summed E-state index contributed by atoms with van der Waals surface area (Å²) in [7, 11) is 0. The molecular formula is C24H22N4OS. The molecule has 5 nitrogen and oxygen atoms in total. The average Bonchev–Trinajstić information content (AvgIpc) is 2.78. The van der Waals surface area contributed by atoms with E-state index in [-0.39, 0.29) is 12.1 Å². The van der Waals surface area contributed by atoms with Gasteiger partial charge >= 0.3 is 0 Å². The van der Waals surface area contributed by atoms with Gasteiger partial charge in [-0.15, -0.1) is 5.10 Å². The molecule has 3 aromatic rings. The molecule has 150 valence electrons. The monoisotopic (exact) mass is 414 g/mol. The summed E-state index contributed by atoms with van der Waals surface area (Å²) in [6.45, 7) is 2.16. The predicted octanol–water partition coefficient (Wildman–Crippen LogP) is 3.52. The number of hydrazone groups is 1. The van der Waals surface area contributed by atoms with Gasteiger partial charge in [-0.3, -0.25) is 15.1 Å². The number of carbonyl (C=O) groups is 1. The van der Waals surface area contributed by atoms with Crippen molar-refractivity contribution in [3.63, 3.8) is 0 Å². The van der Waals surface area contributed by atoms with Crippen molar-refractivity contribution in [3.8, 4) is 0 Å². The number of carbonyl (C=O) groups excluding carboxylic acids is 1. The number of unbranched alkanes of at least 4 members (excludes halogenated alkanes) is 1. The van der Waals surface area contributed by atoms with Crippen molar-refractivity contribution in [2.45, 2.75) is 25.9 Å². The summed E-state index contributed by atoms with van der Waals surface area (Å²) in [6.07, 6.45) is 1.81. The lowest BCUT2D eigenvalue weighted by molar-refractivity contribution is -0.116. The minimum Gasteiger partial charge on any atom is -0.298 e. The molecule has 0 aromatic heterocycles. The Morgan fingerprint density at radius 1 is 1.03 bits per heavy atom. The fourth-order valence-corrected chi connectivity index (χ4v) is 4.73. The zero-order valence-corrected chi connectivity index (χ0v) is 17.5. The largest absolute Gasteiger partial charge is 0.298 e. The number of rotatable bonds is 4. The van der Waals surface area contributed by atoms with Crippen LogP contribution in [0.1, 0.15) is 31.5 Å². The second kappa shape index (κ2) is 7.95. The summed E-state index contributed by atoms with van der Waals surface area (Å²) in [5, 5.41) is 14.2. The zero-order chi connectivity index (χ0) is 20.5. The molecule has 0 spiro atoms. The number of para-hydroxylation sites is 1. The third kappa shape index (κ3) is 3.37. The van der Waals surface area contributed by atoms with Crippen molar-refractivity contribution in [2.75, 3.05) is 5.75 Å². The number of benzene rings is 3. The van der Waals surface area contributed by atoms with E-state index in [4.69, 9.17) is 10.1 Å². The first-order chi connectivity index (χ1) is 14.7. The molecule has 0 saturated carbocycles. The van der Waals surface area contributed by atoms with Crippen LogP contribution in [-0.4, -0.2) is 21.8 Å². The third-order valence-electron chi connectivity index (χ3n) is 5.32. The molecule has 6 heteroatoms. The Labute approximate surface area is 179 Å². The van der Waals surface area contributed by atoms with Crippen LogP contribution in [0.15, 0.2) is 76.8 Å². The first-order valence-electron chi connectivity index (χ1n) is 10.2. The number of amides is 1. The van der Waals surface area contributed by atoms with Crippen LogP contribution in [-0.2, 0) is 4.79 Å². The highest BCUT2D eigenvalue weighted by atomic mass is 32.2. The lowest BCUT2D eigenvalue weighted by Crippen LogP contribution is -2.50. The third-order valence-corrected chi connectivity index (χ3v) is 6.27. The van der Waals surface area contributed by atoms with Gasteiger partial charge in [0.25, 0.3) is 5.91 Å². The topological polar surface area (TPSA) is 57.1 Å². The van der Waals surface area contributed by atoms with Crippen LogP contribution in [0, 0.1) is 0 Å². The number of nitrogens with zero attached hydrogens (tertiary/aromatic N) is 3. The van der Waals surface area contributed by atoms with Crippen LogP contribution >= 0.6 is 11.8 Å². The second-order valence-corrected chi connectivity index (χ2v) is 8.46. The second-order valence-electron chi connectivity index (χ2n) is 7.38. The molecule has 2 aliphatic heterocycles. The molecule has 3 aromatic carbocycles. The lowest BCUT2D eigenvalue weighted by Gasteiger charge is -2.34. The maximum absolute atomic E-state index is 13.1. The van der Waals surface area contributed by atoms with Crippen LogP contribution in [0.25, 0.3) is 16.5 Å². The van der Waals surface area contributed by atoms with Crippen molar-refractivity contribution in [1.82, 2.24) is 10.3 Å². The highest BCUT2D eigenvalue weighted by Gasteiger charge is 2.34. The van der Waals surface area contributed by atoms with Gasteiger partial charge in [-0.2, -0.15) is 0 Å². The molecule has 1 N–H and O–H groups in total. The molecule has 0 saturated heterocycles. The zero-order valence-electron chi connectivity index (χ0n) is 16.7. The summed E-state index contributed by atoms with van der Waals surface area (Å²) in [6, 6.07) is 22.3. The van der Waals surface area contributed by atoms with Crippen molar-refractivity contribution in [1.29, 1.82) is 0 Å². The number of fused-ring (bicyclic) bond motifs is 3. The highest BCUT2D eigenvalue weighted by Crippen LogP contribution is 2.32. The van der Waals surface area contributed by atoms with E-state index in [1.54, 1.807) is 16.8 Å². The van der Waals surface area contributed by atoms with Gasteiger partial charge in [-0.25, -0.2) is 5.01 Å². The molecule has 0 radical (unpaired) electrons. The van der Waals surface area contributed by atoms with Crippen LogP contribution < -0.4 is 15.9 Å². The summed E-state index contributed by atoms with van der Waals surface area (Å²) in [5.74, 6) is 0.796. The van der Waals surface area contributed by atoms with Crippen LogP contribution in [0.5, 0.6) is 0 Å². The van der Waals surface area contributed by atoms with Crippen LogP contribution in [0.3, 0.4) is 0 Å². The van der Waals surface area contributed by atoms with Crippen LogP contribution in [0.2, 0.25) is 0 Å². The maximum atomic E-state index is 13.1. The average molecular weight is 415 g/mol. The van der Waals surface area contributed by atoms with E-state index in [1.165, 1.54) is 5.39 Å². The molecule has 1 amide bonds. The van der Waals surface area contributed by atoms with E-state index < -0.39 is 0 Å². The number of hydrogen-bond acceptors (Lipinski definition) is 5. The van der Waals surface area contributed by atoms with E-state index in [1.807, 2.05) is 36.4 Å². The van der Waals surface area contributed by atoms with Crippen molar-refractivity contribution in [3.05, 3.63) is 82.9 Å². The van der Waals surface area contributed by atoms with E-state index in [0.717, 1.165) is 40.1 Å². The molecule has 2 aliphatic rings. The molecule has 0 aliphatic carbocycles. The van der Waals surface area contributed by atoms with Gasteiger partial charge in [0.2, 0.25) is 0 Å². The number of thioether (sulfide) groups is 1. The van der Waals surface area contributed by atoms with Crippen LogP contribution in [0.4, 0.5) is 0 Å². The highest BCUT2D eigenvalue weighted by molar-refractivity contribution is 8.13. The summed E-state index contributed by atoms with van der Waals surface area (Å²) >= 11 is 1.58. The number of hydrogen-bond donors (Lipinski definition) is 1. The smallest absolute Gasteiger partial charge is 0.276 e. The van der Waals surface area contributed by atoms with E-state index in [9.17, 15) is 4.79 Å².